The van der Waals surface area contributed by atoms with Crippen molar-refractivity contribution in [1.82, 2.24) is 13.7 Å². The molecule has 0 radical (unpaired) electrons. The fourth-order valence-corrected chi connectivity index (χ4v) is 4.64. The largest absolute Gasteiger partial charge is 0.456 e. The molecule has 0 amide bonds. The molecule has 0 bridgehead atoms. The molecule has 3 heterocycles. The monoisotopic (exact) mass is 385 g/mol. The molecule has 1 saturated heterocycles. The van der Waals surface area contributed by atoms with Crippen molar-refractivity contribution in [1.29, 1.82) is 0 Å². The molecule has 140 valence electrons. The van der Waals surface area contributed by atoms with Crippen molar-refractivity contribution in [2.24, 2.45) is 0 Å². The summed E-state index contributed by atoms with van der Waals surface area (Å²) in [6.45, 7) is 1.14. The molecular weight excluding hydrogens is 366 g/mol. The highest BCUT2D eigenvalue weighted by atomic mass is 32.2. The smallest absolute Gasteiger partial charge is 0.338 e. The van der Waals surface area contributed by atoms with Gasteiger partial charge in [-0.2, -0.15) is 4.31 Å². The number of imidazole rings is 1. The fourth-order valence-electron chi connectivity index (χ4n) is 3.12. The lowest BCUT2D eigenvalue weighted by Crippen LogP contribution is -2.27. The maximum Gasteiger partial charge on any atom is 0.338 e. The van der Waals surface area contributed by atoms with Crippen molar-refractivity contribution >= 4 is 21.6 Å². The van der Waals surface area contributed by atoms with Crippen molar-refractivity contribution in [3.63, 3.8) is 0 Å². The number of benzene rings is 1. The lowest BCUT2D eigenvalue weighted by molar-refractivity contribution is 0.0468. The highest BCUT2D eigenvalue weighted by Crippen LogP contribution is 2.21. The first-order chi connectivity index (χ1) is 13.0. The summed E-state index contributed by atoms with van der Waals surface area (Å²) in [4.78, 5) is 16.8. The van der Waals surface area contributed by atoms with Crippen molar-refractivity contribution in [3.8, 4) is 0 Å². The van der Waals surface area contributed by atoms with Crippen LogP contribution in [0, 0.1) is 0 Å². The molecule has 1 aromatic carbocycles. The molecular formula is C19H19N3O4S. The SMILES string of the molecule is O=C(OCc1cn2ccccc2n1)c1ccc(S(=O)(=O)N2CCCC2)cc1. The van der Waals surface area contributed by atoms with E-state index >= 15 is 0 Å². The lowest BCUT2D eigenvalue weighted by atomic mass is 10.2. The van der Waals surface area contributed by atoms with E-state index in [1.54, 1.807) is 6.20 Å². The van der Waals surface area contributed by atoms with Crippen molar-refractivity contribution < 1.29 is 17.9 Å². The highest BCUT2D eigenvalue weighted by Gasteiger charge is 2.27. The van der Waals surface area contributed by atoms with Crippen LogP contribution in [-0.4, -0.2) is 41.2 Å². The summed E-state index contributed by atoms with van der Waals surface area (Å²) in [6, 6.07) is 11.5. The lowest BCUT2D eigenvalue weighted by Gasteiger charge is -2.15. The Balaban J connectivity index is 1.43. The first kappa shape index (κ1) is 17.7. The third-order valence-electron chi connectivity index (χ3n) is 4.56. The Hall–Kier alpha value is -2.71. The first-order valence-corrected chi connectivity index (χ1v) is 10.2. The minimum absolute atomic E-state index is 0.0499. The normalized spacial score (nSPS) is 15.3. The van der Waals surface area contributed by atoms with Gasteiger partial charge in [0.05, 0.1) is 16.2 Å². The summed E-state index contributed by atoms with van der Waals surface area (Å²) in [5.41, 5.74) is 1.72. The van der Waals surface area contributed by atoms with Gasteiger partial charge in [0.15, 0.2) is 0 Å². The zero-order valence-corrected chi connectivity index (χ0v) is 15.4. The second kappa shape index (κ2) is 7.13. The van der Waals surface area contributed by atoms with Gasteiger partial charge in [-0.05, 0) is 49.2 Å². The summed E-state index contributed by atoms with van der Waals surface area (Å²) < 4.78 is 33.6. The van der Waals surface area contributed by atoms with Gasteiger partial charge in [0.1, 0.15) is 12.3 Å². The highest BCUT2D eigenvalue weighted by molar-refractivity contribution is 7.89. The van der Waals surface area contributed by atoms with Crippen molar-refractivity contribution in [3.05, 3.63) is 66.1 Å². The van der Waals surface area contributed by atoms with Crippen molar-refractivity contribution in [2.45, 2.75) is 24.3 Å². The van der Waals surface area contributed by atoms with Crippen LogP contribution in [0.4, 0.5) is 0 Å². The number of sulfonamides is 1. The van der Waals surface area contributed by atoms with Crippen molar-refractivity contribution in [2.75, 3.05) is 13.1 Å². The Bertz CT molecular complexity index is 1030. The minimum Gasteiger partial charge on any atom is -0.456 e. The number of hydrogen-bond donors (Lipinski definition) is 0. The zero-order chi connectivity index (χ0) is 18.9. The summed E-state index contributed by atoms with van der Waals surface area (Å²) in [5, 5.41) is 0. The summed E-state index contributed by atoms with van der Waals surface area (Å²) in [7, 11) is -3.48. The summed E-state index contributed by atoms with van der Waals surface area (Å²) >= 11 is 0. The Kier molecular flexibility index (Phi) is 4.67. The maximum atomic E-state index is 12.5. The fraction of sp³-hybridized carbons (Fsp3) is 0.263. The molecule has 1 aliphatic heterocycles. The van der Waals surface area contributed by atoms with Crippen LogP contribution in [0.5, 0.6) is 0 Å². The van der Waals surface area contributed by atoms with Gasteiger partial charge in [-0.25, -0.2) is 18.2 Å². The molecule has 8 heteroatoms. The van der Waals surface area contributed by atoms with E-state index in [1.165, 1.54) is 28.6 Å². The molecule has 3 aromatic rings. The number of carbonyl (C=O) groups is 1. The van der Waals surface area contributed by atoms with Gasteiger partial charge >= 0.3 is 5.97 Å². The second-order valence-corrected chi connectivity index (χ2v) is 8.35. The van der Waals surface area contributed by atoms with Gasteiger partial charge in [-0.1, -0.05) is 6.07 Å². The number of carbonyl (C=O) groups excluding carboxylic acids is 1. The van der Waals surface area contributed by atoms with E-state index in [-0.39, 0.29) is 11.5 Å². The van der Waals surface area contributed by atoms with Gasteiger partial charge in [-0.15, -0.1) is 0 Å². The Labute approximate surface area is 157 Å². The molecule has 0 aliphatic carbocycles. The third kappa shape index (κ3) is 3.58. The minimum atomic E-state index is -3.48. The molecule has 1 fully saturated rings. The standard InChI is InChI=1S/C19H19N3O4S/c23-19(26-14-16-13-21-10-2-1-5-18(21)20-16)15-6-8-17(9-7-15)27(24,25)22-11-3-4-12-22/h1-2,5-10,13H,3-4,11-12,14H2. The number of aromatic nitrogens is 2. The molecule has 27 heavy (non-hydrogen) atoms. The number of rotatable bonds is 5. The van der Waals surface area contributed by atoms with Crippen LogP contribution in [0.25, 0.3) is 5.65 Å². The molecule has 4 rings (SSSR count). The maximum absolute atomic E-state index is 12.5. The number of fused-ring (bicyclic) bond motifs is 1. The number of ether oxygens (including phenoxy) is 1. The quantitative estimate of drug-likeness (QED) is 0.630. The molecule has 0 saturated carbocycles. The van der Waals surface area contributed by atoms with Gasteiger partial charge in [0.2, 0.25) is 10.0 Å². The van der Waals surface area contributed by atoms with Gasteiger partial charge < -0.3 is 9.14 Å². The van der Waals surface area contributed by atoms with Gasteiger partial charge in [-0.3, -0.25) is 0 Å². The number of esters is 1. The summed E-state index contributed by atoms with van der Waals surface area (Å²) in [6.07, 6.45) is 5.43. The van der Waals surface area contributed by atoms with Crippen LogP contribution in [0.1, 0.15) is 28.9 Å². The van der Waals surface area contributed by atoms with E-state index in [2.05, 4.69) is 4.98 Å². The van der Waals surface area contributed by atoms with Crippen LogP contribution < -0.4 is 0 Å². The van der Waals surface area contributed by atoms with E-state index in [1.807, 2.05) is 28.8 Å². The predicted molar refractivity (Wildman–Crippen MR) is 98.7 cm³/mol. The average molecular weight is 385 g/mol. The molecule has 0 spiro atoms. The number of pyridine rings is 1. The molecule has 1 aliphatic rings. The second-order valence-electron chi connectivity index (χ2n) is 6.41. The van der Waals surface area contributed by atoms with Gasteiger partial charge in [0, 0.05) is 25.5 Å². The van der Waals surface area contributed by atoms with E-state index in [0.717, 1.165) is 18.5 Å². The topological polar surface area (TPSA) is 81.0 Å². The molecule has 0 atom stereocenters. The van der Waals surface area contributed by atoms with Crippen LogP contribution in [0.3, 0.4) is 0 Å². The van der Waals surface area contributed by atoms with E-state index in [0.29, 0.717) is 24.3 Å². The van der Waals surface area contributed by atoms with Crippen LogP contribution in [0.15, 0.2) is 59.8 Å². The van der Waals surface area contributed by atoms with E-state index in [9.17, 15) is 13.2 Å². The zero-order valence-electron chi connectivity index (χ0n) is 14.6. The van der Waals surface area contributed by atoms with E-state index in [4.69, 9.17) is 4.74 Å². The molecule has 0 N–H and O–H groups in total. The average Bonchev–Trinajstić information content (AvgIpc) is 3.36. The molecule has 7 nitrogen and oxygen atoms in total. The Morgan fingerprint density at radius 3 is 2.52 bits per heavy atom. The number of hydrogen-bond acceptors (Lipinski definition) is 5. The number of nitrogens with zero attached hydrogens (tertiary/aromatic N) is 3. The Morgan fingerprint density at radius 2 is 1.81 bits per heavy atom. The Morgan fingerprint density at radius 1 is 1.07 bits per heavy atom. The van der Waals surface area contributed by atoms with Gasteiger partial charge in [0.25, 0.3) is 0 Å². The van der Waals surface area contributed by atoms with Crippen LogP contribution in [-0.2, 0) is 21.4 Å². The summed E-state index contributed by atoms with van der Waals surface area (Å²) in [5.74, 6) is -0.517. The molecule has 0 unspecified atom stereocenters. The van der Waals surface area contributed by atoms with Crippen LogP contribution in [0.2, 0.25) is 0 Å². The predicted octanol–water partition coefficient (Wildman–Crippen LogP) is 2.48. The first-order valence-electron chi connectivity index (χ1n) is 8.74. The van der Waals surface area contributed by atoms with Crippen LogP contribution >= 0.6 is 0 Å². The molecule has 2 aromatic heterocycles. The van der Waals surface area contributed by atoms with E-state index < -0.39 is 16.0 Å². The third-order valence-corrected chi connectivity index (χ3v) is 6.47.